The number of aryl methyl sites for hydroxylation is 1. The molecule has 0 saturated heterocycles. The molecule has 3 aromatic rings. The van der Waals surface area contributed by atoms with E-state index in [0.717, 1.165) is 28.6 Å². The fraction of sp³-hybridized carbons (Fsp3) is 0.133. The summed E-state index contributed by atoms with van der Waals surface area (Å²) in [6.45, 7) is 0. The average molecular weight is 301 g/mol. The molecule has 0 unspecified atom stereocenters. The van der Waals surface area contributed by atoms with Gasteiger partial charge in [-0.15, -0.1) is 0 Å². The summed E-state index contributed by atoms with van der Waals surface area (Å²) in [7, 11) is 0. The van der Waals surface area contributed by atoms with E-state index < -0.39 is 0 Å². The van der Waals surface area contributed by atoms with Crippen LogP contribution in [0, 0.1) is 0 Å². The first kappa shape index (κ1) is 11.5. The van der Waals surface area contributed by atoms with Crippen LogP contribution in [0.2, 0.25) is 0 Å². The van der Waals surface area contributed by atoms with Crippen LogP contribution < -0.4 is 0 Å². The zero-order valence-corrected chi connectivity index (χ0v) is 11.4. The number of imidazole rings is 1. The van der Waals surface area contributed by atoms with Crippen LogP contribution in [0.3, 0.4) is 0 Å². The van der Waals surface area contributed by atoms with Gasteiger partial charge in [-0.25, -0.2) is 4.98 Å². The second-order valence-electron chi connectivity index (χ2n) is 4.20. The van der Waals surface area contributed by atoms with Crippen LogP contribution in [0.1, 0.15) is 5.56 Å². The summed E-state index contributed by atoms with van der Waals surface area (Å²) < 4.78 is 0. The van der Waals surface area contributed by atoms with Crippen molar-refractivity contribution in [3.8, 4) is 11.4 Å². The third kappa shape index (κ3) is 2.06. The Morgan fingerprint density at radius 3 is 2.61 bits per heavy atom. The van der Waals surface area contributed by atoms with E-state index in [1.807, 2.05) is 18.2 Å². The van der Waals surface area contributed by atoms with Crippen molar-refractivity contribution in [1.82, 2.24) is 9.97 Å². The van der Waals surface area contributed by atoms with E-state index in [-0.39, 0.29) is 0 Å². The summed E-state index contributed by atoms with van der Waals surface area (Å²) in [4.78, 5) is 8.04. The first-order chi connectivity index (χ1) is 8.88. The van der Waals surface area contributed by atoms with E-state index >= 15 is 0 Å². The number of aromatic amines is 1. The van der Waals surface area contributed by atoms with Gasteiger partial charge in [0.2, 0.25) is 0 Å². The van der Waals surface area contributed by atoms with E-state index in [1.165, 1.54) is 11.1 Å². The minimum atomic E-state index is 0.952. The molecule has 0 aliphatic heterocycles. The van der Waals surface area contributed by atoms with Crippen molar-refractivity contribution in [2.24, 2.45) is 0 Å². The Labute approximate surface area is 114 Å². The molecule has 0 amide bonds. The molecule has 0 saturated carbocycles. The molecule has 0 spiro atoms. The first-order valence-corrected chi connectivity index (χ1v) is 7.09. The van der Waals surface area contributed by atoms with Gasteiger partial charge in [-0.3, -0.25) is 0 Å². The molecule has 0 bridgehead atoms. The van der Waals surface area contributed by atoms with Gasteiger partial charge < -0.3 is 4.98 Å². The molecule has 0 fully saturated rings. The Balaban J connectivity index is 2.13. The lowest BCUT2D eigenvalue weighted by Gasteiger charge is -2.04. The molecule has 0 aliphatic carbocycles. The second kappa shape index (κ2) is 4.94. The van der Waals surface area contributed by atoms with E-state index in [2.05, 4.69) is 56.2 Å². The second-order valence-corrected chi connectivity index (χ2v) is 4.99. The molecule has 0 atom stereocenters. The molecule has 18 heavy (non-hydrogen) atoms. The lowest BCUT2D eigenvalue weighted by atomic mass is 10.1. The molecule has 1 N–H and O–H groups in total. The number of alkyl halides is 1. The van der Waals surface area contributed by atoms with Gasteiger partial charge in [0.15, 0.2) is 0 Å². The molecule has 0 aliphatic rings. The molecule has 2 aromatic carbocycles. The van der Waals surface area contributed by atoms with E-state index in [9.17, 15) is 0 Å². The molecule has 1 heterocycles. The molecule has 90 valence electrons. The van der Waals surface area contributed by atoms with Gasteiger partial charge in [-0.05, 0) is 24.1 Å². The van der Waals surface area contributed by atoms with Crippen molar-refractivity contribution in [3.63, 3.8) is 0 Å². The summed E-state index contributed by atoms with van der Waals surface area (Å²) in [6.07, 6.45) is 1.01. The molecular weight excluding hydrogens is 288 g/mol. The largest absolute Gasteiger partial charge is 0.338 e. The zero-order valence-electron chi connectivity index (χ0n) is 9.86. The maximum Gasteiger partial charge on any atom is 0.138 e. The fourth-order valence-electron chi connectivity index (χ4n) is 2.15. The molecule has 0 radical (unpaired) electrons. The highest BCUT2D eigenvalue weighted by atomic mass is 79.9. The zero-order chi connectivity index (χ0) is 12.4. The quantitative estimate of drug-likeness (QED) is 0.723. The van der Waals surface area contributed by atoms with Crippen molar-refractivity contribution < 1.29 is 0 Å². The van der Waals surface area contributed by atoms with Gasteiger partial charge in [-0.2, -0.15) is 0 Å². The summed E-state index contributed by atoms with van der Waals surface area (Å²) in [6, 6.07) is 16.5. The Hall–Kier alpha value is -1.61. The van der Waals surface area contributed by atoms with Crippen molar-refractivity contribution >= 4 is 27.0 Å². The smallest absolute Gasteiger partial charge is 0.138 e. The number of benzene rings is 2. The minimum Gasteiger partial charge on any atom is -0.338 e. The Morgan fingerprint density at radius 2 is 1.78 bits per heavy atom. The standard InChI is InChI=1S/C15H13BrN2/c16-10-9-11-5-1-2-6-12(11)15-17-13-7-3-4-8-14(13)18-15/h1-8H,9-10H2,(H,17,18). The van der Waals surface area contributed by atoms with Gasteiger partial charge in [0, 0.05) is 10.9 Å². The van der Waals surface area contributed by atoms with Crippen LogP contribution in [0.25, 0.3) is 22.4 Å². The van der Waals surface area contributed by atoms with Crippen LogP contribution in [0.4, 0.5) is 0 Å². The Kier molecular flexibility index (Phi) is 3.15. The number of nitrogens with one attached hydrogen (secondary N) is 1. The van der Waals surface area contributed by atoms with Crippen molar-refractivity contribution in [3.05, 3.63) is 54.1 Å². The Morgan fingerprint density at radius 1 is 1.00 bits per heavy atom. The predicted molar refractivity (Wildman–Crippen MR) is 79.0 cm³/mol. The number of hydrogen-bond acceptors (Lipinski definition) is 1. The van der Waals surface area contributed by atoms with Gasteiger partial charge in [-0.1, -0.05) is 52.3 Å². The summed E-state index contributed by atoms with van der Waals surface area (Å²) in [5.41, 5.74) is 4.60. The molecule has 1 aromatic heterocycles. The molecular formula is C15H13BrN2. The monoisotopic (exact) mass is 300 g/mol. The number of aromatic nitrogens is 2. The van der Waals surface area contributed by atoms with Crippen LogP contribution in [-0.4, -0.2) is 15.3 Å². The maximum atomic E-state index is 4.66. The van der Waals surface area contributed by atoms with Gasteiger partial charge in [0.1, 0.15) is 5.82 Å². The van der Waals surface area contributed by atoms with Gasteiger partial charge >= 0.3 is 0 Å². The molecule has 3 rings (SSSR count). The van der Waals surface area contributed by atoms with E-state index in [4.69, 9.17) is 0 Å². The lowest BCUT2D eigenvalue weighted by Crippen LogP contribution is -1.91. The minimum absolute atomic E-state index is 0.952. The first-order valence-electron chi connectivity index (χ1n) is 5.97. The van der Waals surface area contributed by atoms with Crippen LogP contribution >= 0.6 is 15.9 Å². The third-order valence-electron chi connectivity index (χ3n) is 3.03. The number of halogens is 1. The SMILES string of the molecule is BrCCc1ccccc1-c1nc2ccccc2[nH]1. The number of H-pyrrole nitrogens is 1. The number of para-hydroxylation sites is 2. The predicted octanol–water partition coefficient (Wildman–Crippen LogP) is 4.17. The number of rotatable bonds is 3. The fourth-order valence-corrected chi connectivity index (χ4v) is 2.58. The molecule has 3 heteroatoms. The Bertz CT molecular complexity index is 640. The third-order valence-corrected chi connectivity index (χ3v) is 3.42. The topological polar surface area (TPSA) is 28.7 Å². The number of fused-ring (bicyclic) bond motifs is 1. The van der Waals surface area contributed by atoms with Crippen LogP contribution in [-0.2, 0) is 6.42 Å². The van der Waals surface area contributed by atoms with Crippen LogP contribution in [0.5, 0.6) is 0 Å². The summed E-state index contributed by atoms with van der Waals surface area (Å²) in [5, 5.41) is 0.963. The van der Waals surface area contributed by atoms with Crippen molar-refractivity contribution in [1.29, 1.82) is 0 Å². The van der Waals surface area contributed by atoms with Gasteiger partial charge in [0.25, 0.3) is 0 Å². The maximum absolute atomic E-state index is 4.66. The summed E-state index contributed by atoms with van der Waals surface area (Å²) in [5.74, 6) is 0.952. The van der Waals surface area contributed by atoms with Crippen molar-refractivity contribution in [2.45, 2.75) is 6.42 Å². The average Bonchev–Trinajstić information content (AvgIpc) is 2.83. The van der Waals surface area contributed by atoms with Crippen LogP contribution in [0.15, 0.2) is 48.5 Å². The lowest BCUT2D eigenvalue weighted by molar-refractivity contribution is 1.16. The highest BCUT2D eigenvalue weighted by molar-refractivity contribution is 9.09. The highest BCUT2D eigenvalue weighted by Crippen LogP contribution is 2.24. The number of hydrogen-bond donors (Lipinski definition) is 1. The highest BCUT2D eigenvalue weighted by Gasteiger charge is 2.08. The number of nitrogens with zero attached hydrogens (tertiary/aromatic N) is 1. The molecule has 2 nitrogen and oxygen atoms in total. The van der Waals surface area contributed by atoms with Gasteiger partial charge in [0.05, 0.1) is 11.0 Å². The van der Waals surface area contributed by atoms with E-state index in [0.29, 0.717) is 0 Å². The van der Waals surface area contributed by atoms with E-state index in [1.54, 1.807) is 0 Å². The summed E-state index contributed by atoms with van der Waals surface area (Å²) >= 11 is 3.50. The normalized spacial score (nSPS) is 10.9. The van der Waals surface area contributed by atoms with Crippen molar-refractivity contribution in [2.75, 3.05) is 5.33 Å².